The van der Waals surface area contributed by atoms with Gasteiger partial charge in [-0.25, -0.2) is 8.42 Å². The summed E-state index contributed by atoms with van der Waals surface area (Å²) in [4.78, 5) is 15.4. The average molecular weight is 426 g/mol. The molecule has 2 aromatic rings. The smallest absolute Gasteiger partial charge is 0.366 e. The third-order valence-corrected chi connectivity index (χ3v) is 6.21. The van der Waals surface area contributed by atoms with E-state index in [4.69, 9.17) is 5.73 Å². The molecule has 1 amide bonds. The molecule has 1 unspecified atom stereocenters. The minimum absolute atomic E-state index is 0.00927. The zero-order valence-corrected chi connectivity index (χ0v) is 16.6. The van der Waals surface area contributed by atoms with Gasteiger partial charge < -0.3 is 5.73 Å². The Kier molecular flexibility index (Phi) is 5.71. The molecule has 5 nitrogen and oxygen atoms in total. The van der Waals surface area contributed by atoms with Crippen LogP contribution in [0.15, 0.2) is 41.4 Å². The van der Waals surface area contributed by atoms with Crippen LogP contribution in [0.5, 0.6) is 0 Å². The van der Waals surface area contributed by atoms with Crippen LogP contribution in [0.25, 0.3) is 0 Å². The molecule has 1 saturated carbocycles. The maximum atomic E-state index is 12.8. The SMILES string of the molecule is CS(=O)(=O)c1ccc(CC(CC2CC2)c2ccc(C(F)(F)F)nc2)c(C(N)=O)c1. The number of sulfone groups is 1. The zero-order chi connectivity index (χ0) is 21.4. The number of hydrogen-bond acceptors (Lipinski definition) is 4. The molecule has 156 valence electrons. The monoisotopic (exact) mass is 426 g/mol. The number of halogens is 3. The van der Waals surface area contributed by atoms with Crippen LogP contribution in [-0.2, 0) is 22.4 Å². The van der Waals surface area contributed by atoms with Crippen LogP contribution >= 0.6 is 0 Å². The Morgan fingerprint density at radius 1 is 1.24 bits per heavy atom. The third kappa shape index (κ3) is 5.35. The summed E-state index contributed by atoms with van der Waals surface area (Å²) in [5.74, 6) is -0.421. The minimum Gasteiger partial charge on any atom is -0.366 e. The van der Waals surface area contributed by atoms with Gasteiger partial charge in [0.25, 0.3) is 0 Å². The Bertz CT molecular complexity index is 1010. The van der Waals surface area contributed by atoms with Crippen LogP contribution in [0.2, 0.25) is 0 Å². The van der Waals surface area contributed by atoms with Gasteiger partial charge in [-0.3, -0.25) is 9.78 Å². The Hall–Kier alpha value is -2.42. The molecule has 1 aliphatic carbocycles. The molecule has 1 aromatic carbocycles. The molecular weight excluding hydrogens is 405 g/mol. The van der Waals surface area contributed by atoms with E-state index in [0.29, 0.717) is 23.5 Å². The molecule has 29 heavy (non-hydrogen) atoms. The van der Waals surface area contributed by atoms with Crippen LogP contribution in [0.3, 0.4) is 0 Å². The maximum Gasteiger partial charge on any atom is 0.433 e. The van der Waals surface area contributed by atoms with E-state index in [9.17, 15) is 26.4 Å². The molecule has 1 atom stereocenters. The van der Waals surface area contributed by atoms with Crippen LogP contribution in [0, 0.1) is 5.92 Å². The van der Waals surface area contributed by atoms with Gasteiger partial charge in [0.15, 0.2) is 9.84 Å². The molecule has 0 radical (unpaired) electrons. The minimum atomic E-state index is -4.51. The molecule has 1 heterocycles. The van der Waals surface area contributed by atoms with Crippen LogP contribution in [0.4, 0.5) is 13.2 Å². The predicted molar refractivity (Wildman–Crippen MR) is 101 cm³/mol. The van der Waals surface area contributed by atoms with Crippen molar-refractivity contribution in [1.82, 2.24) is 4.98 Å². The molecule has 1 aromatic heterocycles. The number of nitrogens with two attached hydrogens (primary N) is 1. The second kappa shape index (κ2) is 7.78. The molecule has 0 bridgehead atoms. The number of amides is 1. The van der Waals surface area contributed by atoms with Gasteiger partial charge >= 0.3 is 6.18 Å². The summed E-state index contributed by atoms with van der Waals surface area (Å²) in [6.45, 7) is 0. The Morgan fingerprint density at radius 2 is 1.93 bits per heavy atom. The average Bonchev–Trinajstić information content (AvgIpc) is 3.44. The quantitative estimate of drug-likeness (QED) is 0.731. The Balaban J connectivity index is 1.94. The summed E-state index contributed by atoms with van der Waals surface area (Å²) in [5.41, 5.74) is 5.81. The normalized spacial score (nSPS) is 15.9. The molecule has 0 aliphatic heterocycles. The standard InChI is InChI=1S/C20H21F3N2O3S/c1-29(27,28)16-6-4-13(17(10-16)19(24)26)9-15(8-12-2-3-12)14-5-7-18(25-11-14)20(21,22)23/h4-7,10-12,15H,2-3,8-9H2,1H3,(H2,24,26). The van der Waals surface area contributed by atoms with E-state index in [1.807, 2.05) is 0 Å². The number of aromatic nitrogens is 1. The van der Waals surface area contributed by atoms with Crippen molar-refractivity contribution in [2.45, 2.75) is 42.7 Å². The number of carbonyl (C=O) groups excluding carboxylic acids is 1. The highest BCUT2D eigenvalue weighted by Gasteiger charge is 2.33. The first kappa shape index (κ1) is 21.3. The fourth-order valence-corrected chi connectivity index (χ4v) is 4.01. The van der Waals surface area contributed by atoms with Crippen molar-refractivity contribution >= 4 is 15.7 Å². The van der Waals surface area contributed by atoms with Gasteiger partial charge in [-0.05, 0) is 54.0 Å². The molecule has 9 heteroatoms. The van der Waals surface area contributed by atoms with Crippen molar-refractivity contribution in [2.75, 3.05) is 6.26 Å². The van der Waals surface area contributed by atoms with Gasteiger partial charge in [0, 0.05) is 18.0 Å². The summed E-state index contributed by atoms with van der Waals surface area (Å²) in [5, 5.41) is 0. The van der Waals surface area contributed by atoms with Crippen molar-refractivity contribution in [2.24, 2.45) is 11.7 Å². The topological polar surface area (TPSA) is 90.1 Å². The summed E-state index contributed by atoms with van der Waals surface area (Å²) >= 11 is 0. The van der Waals surface area contributed by atoms with Gasteiger partial charge in [-0.1, -0.05) is 25.0 Å². The highest BCUT2D eigenvalue weighted by atomic mass is 32.2. The molecule has 2 N–H and O–H groups in total. The first-order valence-electron chi connectivity index (χ1n) is 9.11. The Labute approximate surface area is 167 Å². The second-order valence-corrected chi connectivity index (χ2v) is 9.53. The number of pyridine rings is 1. The van der Waals surface area contributed by atoms with E-state index in [-0.39, 0.29) is 16.4 Å². The fraction of sp³-hybridized carbons (Fsp3) is 0.400. The van der Waals surface area contributed by atoms with E-state index in [2.05, 4.69) is 4.98 Å². The highest BCUT2D eigenvalue weighted by Crippen LogP contribution is 2.40. The van der Waals surface area contributed by atoms with Crippen molar-refractivity contribution in [3.8, 4) is 0 Å². The number of nitrogens with zero attached hydrogens (tertiary/aromatic N) is 1. The largest absolute Gasteiger partial charge is 0.433 e. The third-order valence-electron chi connectivity index (χ3n) is 5.10. The number of rotatable bonds is 7. The number of benzene rings is 1. The highest BCUT2D eigenvalue weighted by molar-refractivity contribution is 7.90. The summed E-state index contributed by atoms with van der Waals surface area (Å²) in [7, 11) is -3.51. The molecule has 1 fully saturated rings. The lowest BCUT2D eigenvalue weighted by atomic mass is 9.86. The first-order valence-corrected chi connectivity index (χ1v) is 11.0. The lowest BCUT2D eigenvalue weighted by Crippen LogP contribution is -2.17. The molecule has 0 spiro atoms. The van der Waals surface area contributed by atoms with Crippen molar-refractivity contribution in [3.63, 3.8) is 0 Å². The zero-order valence-electron chi connectivity index (χ0n) is 15.7. The fourth-order valence-electron chi connectivity index (χ4n) is 3.37. The van der Waals surface area contributed by atoms with Crippen molar-refractivity contribution < 1.29 is 26.4 Å². The summed E-state index contributed by atoms with van der Waals surface area (Å²) < 4.78 is 62.0. The first-order chi connectivity index (χ1) is 13.4. The Morgan fingerprint density at radius 3 is 2.41 bits per heavy atom. The number of primary amides is 1. The molecular formula is C20H21F3N2O3S. The van der Waals surface area contributed by atoms with Crippen molar-refractivity contribution in [1.29, 1.82) is 0 Å². The second-order valence-electron chi connectivity index (χ2n) is 7.51. The predicted octanol–water partition coefficient (Wildman–Crippen LogP) is 3.73. The van der Waals surface area contributed by atoms with E-state index < -0.39 is 27.6 Å². The molecule has 3 rings (SSSR count). The molecule has 1 aliphatic rings. The van der Waals surface area contributed by atoms with Crippen molar-refractivity contribution in [3.05, 3.63) is 58.9 Å². The van der Waals surface area contributed by atoms with Crippen LogP contribution in [0.1, 0.15) is 52.4 Å². The molecule has 0 saturated heterocycles. The number of hydrogen-bond donors (Lipinski definition) is 1. The lowest BCUT2D eigenvalue weighted by molar-refractivity contribution is -0.141. The lowest BCUT2D eigenvalue weighted by Gasteiger charge is -2.19. The summed E-state index contributed by atoms with van der Waals surface area (Å²) in [6.07, 6.45) is 0.970. The van der Waals surface area contributed by atoms with E-state index in [0.717, 1.165) is 31.6 Å². The van der Waals surface area contributed by atoms with Gasteiger partial charge in [0.2, 0.25) is 5.91 Å². The van der Waals surface area contributed by atoms with Gasteiger partial charge in [-0.15, -0.1) is 0 Å². The van der Waals surface area contributed by atoms with E-state index >= 15 is 0 Å². The van der Waals surface area contributed by atoms with Gasteiger partial charge in [0.1, 0.15) is 5.69 Å². The summed E-state index contributed by atoms with van der Waals surface area (Å²) in [6, 6.07) is 6.59. The van der Waals surface area contributed by atoms with Crippen LogP contribution < -0.4 is 5.73 Å². The van der Waals surface area contributed by atoms with E-state index in [1.165, 1.54) is 24.4 Å². The van der Waals surface area contributed by atoms with Gasteiger partial charge in [-0.2, -0.15) is 13.2 Å². The number of carbonyl (C=O) groups is 1. The van der Waals surface area contributed by atoms with Crippen LogP contribution in [-0.4, -0.2) is 25.6 Å². The van der Waals surface area contributed by atoms with E-state index in [1.54, 1.807) is 6.07 Å². The number of alkyl halides is 3. The maximum absolute atomic E-state index is 12.8. The van der Waals surface area contributed by atoms with Gasteiger partial charge in [0.05, 0.1) is 4.90 Å².